The monoisotopic (exact) mass is 357 g/mol. The van der Waals surface area contributed by atoms with E-state index < -0.39 is 10.8 Å². The van der Waals surface area contributed by atoms with Crippen LogP contribution in [0.15, 0.2) is 48.5 Å². The van der Waals surface area contributed by atoms with E-state index in [4.69, 9.17) is 4.74 Å². The number of non-ortho nitro benzene ring substituents is 1. The zero-order valence-electron chi connectivity index (χ0n) is 14.2. The quantitative estimate of drug-likeness (QED) is 0.449. The van der Waals surface area contributed by atoms with Gasteiger partial charge in [0.15, 0.2) is 0 Å². The van der Waals surface area contributed by atoms with Crippen LogP contribution in [-0.2, 0) is 4.79 Å². The Morgan fingerprint density at radius 1 is 1.04 bits per heavy atom. The molecule has 26 heavy (non-hydrogen) atoms. The van der Waals surface area contributed by atoms with Crippen LogP contribution < -0.4 is 15.6 Å². The molecule has 136 valence electrons. The van der Waals surface area contributed by atoms with Gasteiger partial charge >= 0.3 is 0 Å². The van der Waals surface area contributed by atoms with Crippen molar-refractivity contribution in [3.05, 3.63) is 69.8 Å². The number of amides is 2. The van der Waals surface area contributed by atoms with Crippen molar-refractivity contribution in [1.82, 2.24) is 10.9 Å². The third-order valence-electron chi connectivity index (χ3n) is 3.49. The predicted molar refractivity (Wildman–Crippen MR) is 94.6 cm³/mol. The van der Waals surface area contributed by atoms with Crippen LogP contribution in [-0.4, -0.2) is 23.3 Å². The SMILES string of the molecule is Cc1ccc(OCCCC(=O)NNC(=O)c2ccc([N+](=O)[O-])cc2)cc1. The average Bonchev–Trinajstić information content (AvgIpc) is 2.64. The van der Waals surface area contributed by atoms with E-state index in [0.717, 1.165) is 11.3 Å². The molecule has 0 heterocycles. The van der Waals surface area contributed by atoms with Crippen molar-refractivity contribution in [3.63, 3.8) is 0 Å². The first kappa shape index (κ1) is 18.9. The van der Waals surface area contributed by atoms with Crippen molar-refractivity contribution in [1.29, 1.82) is 0 Å². The van der Waals surface area contributed by atoms with Crippen LogP contribution in [0.25, 0.3) is 0 Å². The molecule has 0 aliphatic rings. The van der Waals surface area contributed by atoms with Gasteiger partial charge in [-0.25, -0.2) is 0 Å². The molecule has 8 nitrogen and oxygen atoms in total. The molecule has 0 aliphatic carbocycles. The van der Waals surface area contributed by atoms with E-state index in [2.05, 4.69) is 10.9 Å². The van der Waals surface area contributed by atoms with Crippen LogP contribution in [0.3, 0.4) is 0 Å². The fraction of sp³-hybridized carbons (Fsp3) is 0.222. The summed E-state index contributed by atoms with van der Waals surface area (Å²) in [6.45, 7) is 2.37. The highest BCUT2D eigenvalue weighted by atomic mass is 16.6. The minimum atomic E-state index is -0.553. The first-order valence-corrected chi connectivity index (χ1v) is 7.99. The first-order chi connectivity index (χ1) is 12.5. The van der Waals surface area contributed by atoms with Crippen molar-refractivity contribution in [2.75, 3.05) is 6.61 Å². The van der Waals surface area contributed by atoms with Gasteiger partial charge in [0.05, 0.1) is 11.5 Å². The van der Waals surface area contributed by atoms with Gasteiger partial charge in [0.1, 0.15) is 5.75 Å². The lowest BCUT2D eigenvalue weighted by Gasteiger charge is -2.08. The lowest BCUT2D eigenvalue weighted by atomic mass is 10.2. The summed E-state index contributed by atoms with van der Waals surface area (Å²) in [5.41, 5.74) is 5.79. The zero-order chi connectivity index (χ0) is 18.9. The van der Waals surface area contributed by atoms with Crippen molar-refractivity contribution < 1.29 is 19.2 Å². The number of aryl methyl sites for hydroxylation is 1. The summed E-state index contributed by atoms with van der Waals surface area (Å²) < 4.78 is 5.51. The molecule has 2 aromatic rings. The molecule has 2 N–H and O–H groups in total. The second kappa shape index (κ2) is 9.16. The molecule has 0 aromatic heterocycles. The molecule has 0 saturated heterocycles. The maximum absolute atomic E-state index is 11.9. The highest BCUT2D eigenvalue weighted by Crippen LogP contribution is 2.12. The number of carbonyl (C=O) groups excluding carboxylic acids is 2. The normalized spacial score (nSPS) is 10.0. The molecule has 0 fully saturated rings. The van der Waals surface area contributed by atoms with Gasteiger partial charge in [-0.2, -0.15) is 0 Å². The maximum atomic E-state index is 11.9. The van der Waals surface area contributed by atoms with E-state index in [0.29, 0.717) is 13.0 Å². The highest BCUT2D eigenvalue weighted by Gasteiger charge is 2.10. The third kappa shape index (κ3) is 5.90. The average molecular weight is 357 g/mol. The predicted octanol–water partition coefficient (Wildman–Crippen LogP) is 2.52. The Balaban J connectivity index is 1.66. The van der Waals surface area contributed by atoms with E-state index in [1.807, 2.05) is 31.2 Å². The summed E-state index contributed by atoms with van der Waals surface area (Å²) in [5, 5.41) is 10.6. The second-order valence-electron chi connectivity index (χ2n) is 5.57. The van der Waals surface area contributed by atoms with Crippen molar-refractivity contribution >= 4 is 17.5 Å². The molecule has 0 unspecified atom stereocenters. The van der Waals surface area contributed by atoms with Crippen LogP contribution in [0.5, 0.6) is 5.75 Å². The Labute approximate surface area is 150 Å². The Bertz CT molecular complexity index is 772. The topological polar surface area (TPSA) is 111 Å². The minimum Gasteiger partial charge on any atom is -0.494 e. The summed E-state index contributed by atoms with van der Waals surface area (Å²) in [6.07, 6.45) is 0.680. The maximum Gasteiger partial charge on any atom is 0.269 e. The number of hydrazine groups is 1. The van der Waals surface area contributed by atoms with E-state index >= 15 is 0 Å². The number of nitro groups is 1. The Kier molecular flexibility index (Phi) is 6.67. The number of nitrogens with zero attached hydrogens (tertiary/aromatic N) is 1. The number of hydrogen-bond donors (Lipinski definition) is 2. The number of hydrogen-bond acceptors (Lipinski definition) is 5. The Morgan fingerprint density at radius 2 is 1.69 bits per heavy atom. The van der Waals surface area contributed by atoms with Gasteiger partial charge in [-0.05, 0) is 37.6 Å². The summed E-state index contributed by atoms with van der Waals surface area (Å²) >= 11 is 0. The van der Waals surface area contributed by atoms with Gasteiger partial charge in [-0.1, -0.05) is 17.7 Å². The Hall–Kier alpha value is -3.42. The standard InChI is InChI=1S/C18H19N3O5/c1-13-4-10-16(11-5-13)26-12-2-3-17(22)19-20-18(23)14-6-8-15(9-7-14)21(24)25/h4-11H,2-3,12H2,1H3,(H,19,22)(H,20,23). The molecule has 0 atom stereocenters. The minimum absolute atomic E-state index is 0.112. The van der Waals surface area contributed by atoms with E-state index in [9.17, 15) is 19.7 Å². The largest absolute Gasteiger partial charge is 0.494 e. The molecule has 8 heteroatoms. The van der Waals surface area contributed by atoms with E-state index in [1.165, 1.54) is 24.3 Å². The number of rotatable bonds is 7. The van der Waals surface area contributed by atoms with Crippen LogP contribution >= 0.6 is 0 Å². The van der Waals surface area contributed by atoms with Crippen LogP contribution in [0, 0.1) is 17.0 Å². The molecular formula is C18H19N3O5. The van der Waals surface area contributed by atoms with Gasteiger partial charge in [-0.15, -0.1) is 0 Å². The second-order valence-corrected chi connectivity index (χ2v) is 5.57. The Morgan fingerprint density at radius 3 is 2.31 bits per heavy atom. The number of nitro benzene ring substituents is 1. The smallest absolute Gasteiger partial charge is 0.269 e. The molecule has 0 bridgehead atoms. The fourth-order valence-corrected chi connectivity index (χ4v) is 2.05. The summed E-state index contributed by atoms with van der Waals surface area (Å²) in [5.74, 6) is -0.167. The lowest BCUT2D eigenvalue weighted by Crippen LogP contribution is -2.41. The van der Waals surface area contributed by atoms with Crippen molar-refractivity contribution in [2.24, 2.45) is 0 Å². The van der Waals surface area contributed by atoms with Gasteiger partial charge in [0.25, 0.3) is 11.6 Å². The first-order valence-electron chi connectivity index (χ1n) is 7.99. The third-order valence-corrected chi connectivity index (χ3v) is 3.49. The van der Waals surface area contributed by atoms with Crippen LogP contribution in [0.4, 0.5) is 5.69 Å². The highest BCUT2D eigenvalue weighted by molar-refractivity contribution is 5.95. The summed E-state index contributed by atoms with van der Waals surface area (Å²) in [7, 11) is 0. The zero-order valence-corrected chi connectivity index (χ0v) is 14.2. The summed E-state index contributed by atoms with van der Waals surface area (Å²) in [6, 6.07) is 12.7. The summed E-state index contributed by atoms with van der Waals surface area (Å²) in [4.78, 5) is 33.6. The van der Waals surface area contributed by atoms with Crippen LogP contribution in [0.1, 0.15) is 28.8 Å². The molecule has 2 amide bonds. The number of ether oxygens (including phenoxy) is 1. The molecule has 0 spiro atoms. The molecule has 2 aromatic carbocycles. The van der Waals surface area contributed by atoms with Crippen molar-refractivity contribution in [3.8, 4) is 5.75 Å². The lowest BCUT2D eigenvalue weighted by molar-refractivity contribution is -0.384. The number of benzene rings is 2. The molecular weight excluding hydrogens is 338 g/mol. The van der Waals surface area contributed by atoms with Gasteiger partial charge in [0, 0.05) is 24.1 Å². The molecule has 0 radical (unpaired) electrons. The number of nitrogens with one attached hydrogen (secondary N) is 2. The molecule has 0 saturated carbocycles. The number of carbonyl (C=O) groups is 2. The molecule has 2 rings (SSSR count). The molecule has 0 aliphatic heterocycles. The van der Waals surface area contributed by atoms with Gasteiger partial charge < -0.3 is 4.74 Å². The van der Waals surface area contributed by atoms with E-state index in [-0.39, 0.29) is 23.6 Å². The van der Waals surface area contributed by atoms with Crippen molar-refractivity contribution in [2.45, 2.75) is 19.8 Å². The van der Waals surface area contributed by atoms with Crippen LogP contribution in [0.2, 0.25) is 0 Å². The fourth-order valence-electron chi connectivity index (χ4n) is 2.05. The van der Waals surface area contributed by atoms with E-state index in [1.54, 1.807) is 0 Å². The van der Waals surface area contributed by atoms with Gasteiger partial charge in [-0.3, -0.25) is 30.6 Å². The van der Waals surface area contributed by atoms with Gasteiger partial charge in [0.2, 0.25) is 5.91 Å².